The number of hydrogen-bond acceptors (Lipinski definition) is 5. The Morgan fingerprint density at radius 3 is 2.75 bits per heavy atom. The molecule has 1 amide bonds. The zero-order chi connectivity index (χ0) is 19.7. The number of ether oxygens (including phenoxy) is 1. The number of hydrogen-bond donors (Lipinski definition) is 2. The highest BCUT2D eigenvalue weighted by Gasteiger charge is 2.31. The first-order valence-electron chi connectivity index (χ1n) is 8.89. The molecule has 0 saturated carbocycles. The Morgan fingerprint density at radius 2 is 1.89 bits per heavy atom. The number of thioether (sulfide) groups is 1. The van der Waals surface area contributed by atoms with Crippen LogP contribution in [0.3, 0.4) is 0 Å². The lowest BCUT2D eigenvalue weighted by molar-refractivity contribution is -0.147. The van der Waals surface area contributed by atoms with E-state index in [1.807, 2.05) is 48.5 Å². The molecular weight excluding hydrogens is 376 g/mol. The molecule has 0 unspecified atom stereocenters. The van der Waals surface area contributed by atoms with Gasteiger partial charge in [-0.25, -0.2) is 0 Å². The van der Waals surface area contributed by atoms with Gasteiger partial charge in [0.25, 0.3) is 0 Å². The Labute approximate surface area is 165 Å². The van der Waals surface area contributed by atoms with Crippen molar-refractivity contribution < 1.29 is 19.1 Å². The van der Waals surface area contributed by atoms with Gasteiger partial charge in [0.1, 0.15) is 0 Å². The number of Topliss-reactive ketones (excluding diaryl/α,β-unsaturated/α-hetero) is 1. The number of ketones is 1. The second-order valence-electron chi connectivity index (χ2n) is 6.54. The van der Waals surface area contributed by atoms with E-state index in [9.17, 15) is 14.4 Å². The van der Waals surface area contributed by atoms with E-state index in [-0.39, 0.29) is 18.1 Å². The number of carbonyl (C=O) groups excluding carboxylic acids is 3. The number of para-hydroxylation sites is 2. The summed E-state index contributed by atoms with van der Waals surface area (Å²) in [6, 6.07) is 14.9. The Bertz CT molecular complexity index is 1070. The third kappa shape index (κ3) is 3.53. The van der Waals surface area contributed by atoms with Crippen molar-refractivity contribution in [2.24, 2.45) is 0 Å². The van der Waals surface area contributed by atoms with Gasteiger partial charge in [0, 0.05) is 27.6 Å². The summed E-state index contributed by atoms with van der Waals surface area (Å²) in [5, 5.41) is 3.00. The number of benzene rings is 2. The van der Waals surface area contributed by atoms with Crippen molar-refractivity contribution in [2.75, 3.05) is 5.32 Å². The van der Waals surface area contributed by atoms with Gasteiger partial charge in [-0.2, -0.15) is 0 Å². The van der Waals surface area contributed by atoms with Crippen LogP contribution >= 0.6 is 11.8 Å². The maximum Gasteiger partial charge on any atom is 0.308 e. The van der Waals surface area contributed by atoms with E-state index in [1.54, 1.807) is 13.1 Å². The van der Waals surface area contributed by atoms with Crippen molar-refractivity contribution in [2.45, 2.75) is 29.6 Å². The number of H-pyrrole nitrogens is 1. The molecule has 6 nitrogen and oxygen atoms in total. The van der Waals surface area contributed by atoms with Gasteiger partial charge in [0.2, 0.25) is 11.7 Å². The summed E-state index contributed by atoms with van der Waals surface area (Å²) in [5.74, 6) is -1.10. The molecule has 28 heavy (non-hydrogen) atoms. The SMILES string of the molecule is C[C@@H](OC(=O)C[C@H]1Sc2ccccc2NC1=O)C(=O)c1c[nH]c2ccccc12. The number of esters is 1. The number of aromatic amines is 1. The smallest absolute Gasteiger partial charge is 0.308 e. The summed E-state index contributed by atoms with van der Waals surface area (Å²) in [6.07, 6.45) is 0.588. The van der Waals surface area contributed by atoms with E-state index >= 15 is 0 Å². The normalized spacial score (nSPS) is 16.9. The standard InChI is InChI=1S/C21H18N2O4S/c1-12(20(25)14-11-22-15-7-3-2-6-13(14)15)27-19(24)10-18-21(26)23-16-8-4-5-9-17(16)28-18/h2-9,11-12,18,22H,10H2,1H3,(H,23,26)/t12-,18-/m1/s1. The molecule has 1 aromatic heterocycles. The lowest BCUT2D eigenvalue weighted by Crippen LogP contribution is -2.33. The van der Waals surface area contributed by atoms with Gasteiger partial charge in [0.15, 0.2) is 6.10 Å². The third-order valence-electron chi connectivity index (χ3n) is 4.59. The van der Waals surface area contributed by atoms with Crippen molar-refractivity contribution in [3.8, 4) is 0 Å². The van der Waals surface area contributed by atoms with Crippen molar-refractivity contribution >= 4 is 46.0 Å². The first kappa shape index (κ1) is 18.3. The average Bonchev–Trinajstić information content (AvgIpc) is 3.12. The Morgan fingerprint density at radius 1 is 1.14 bits per heavy atom. The highest BCUT2D eigenvalue weighted by atomic mass is 32.2. The van der Waals surface area contributed by atoms with Crippen molar-refractivity contribution in [3.63, 3.8) is 0 Å². The highest BCUT2D eigenvalue weighted by Crippen LogP contribution is 2.36. The number of carbonyl (C=O) groups is 3. The molecule has 0 fully saturated rings. The average molecular weight is 394 g/mol. The maximum absolute atomic E-state index is 12.7. The molecule has 3 aromatic rings. The van der Waals surface area contributed by atoms with Gasteiger partial charge in [-0.15, -0.1) is 11.8 Å². The van der Waals surface area contributed by atoms with Crippen molar-refractivity contribution in [3.05, 3.63) is 60.3 Å². The Hall–Kier alpha value is -3.06. The van der Waals surface area contributed by atoms with Crippen LogP contribution in [0.25, 0.3) is 10.9 Å². The van der Waals surface area contributed by atoms with Crippen LogP contribution in [0.4, 0.5) is 5.69 Å². The Balaban J connectivity index is 1.41. The zero-order valence-corrected chi connectivity index (χ0v) is 15.9. The van der Waals surface area contributed by atoms with E-state index in [2.05, 4.69) is 10.3 Å². The van der Waals surface area contributed by atoms with Gasteiger partial charge in [0.05, 0.1) is 17.4 Å². The van der Waals surface area contributed by atoms with Gasteiger partial charge < -0.3 is 15.0 Å². The monoisotopic (exact) mass is 394 g/mol. The summed E-state index contributed by atoms with van der Waals surface area (Å²) < 4.78 is 5.33. The Kier molecular flexibility index (Phi) is 4.92. The molecule has 0 spiro atoms. The van der Waals surface area contributed by atoms with Crippen molar-refractivity contribution in [1.82, 2.24) is 4.98 Å². The maximum atomic E-state index is 12.7. The quantitative estimate of drug-likeness (QED) is 0.508. The zero-order valence-electron chi connectivity index (χ0n) is 15.1. The summed E-state index contributed by atoms with van der Waals surface area (Å²) in [6.45, 7) is 1.55. The molecule has 2 atom stereocenters. The fraction of sp³-hybridized carbons (Fsp3) is 0.190. The van der Waals surface area contributed by atoms with Crippen LogP contribution in [0.15, 0.2) is 59.6 Å². The van der Waals surface area contributed by atoms with E-state index in [0.717, 1.165) is 21.5 Å². The lowest BCUT2D eigenvalue weighted by Gasteiger charge is -2.23. The van der Waals surface area contributed by atoms with Crippen LogP contribution in [-0.2, 0) is 14.3 Å². The van der Waals surface area contributed by atoms with Gasteiger partial charge in [-0.1, -0.05) is 30.3 Å². The van der Waals surface area contributed by atoms with Crippen LogP contribution in [-0.4, -0.2) is 34.0 Å². The predicted molar refractivity (Wildman–Crippen MR) is 108 cm³/mol. The molecule has 2 N–H and O–H groups in total. The van der Waals surface area contributed by atoms with Crippen LogP contribution in [0.1, 0.15) is 23.7 Å². The fourth-order valence-electron chi connectivity index (χ4n) is 3.17. The number of rotatable bonds is 5. The molecule has 0 bridgehead atoms. The second-order valence-corrected chi connectivity index (χ2v) is 7.78. The van der Waals surface area contributed by atoms with Crippen LogP contribution < -0.4 is 5.32 Å². The summed E-state index contributed by atoms with van der Waals surface area (Å²) in [4.78, 5) is 41.2. The largest absolute Gasteiger partial charge is 0.454 e. The molecule has 1 aliphatic heterocycles. The molecule has 0 saturated heterocycles. The minimum absolute atomic E-state index is 0.101. The van der Waals surface area contributed by atoms with E-state index < -0.39 is 17.3 Å². The predicted octanol–water partition coefficient (Wildman–Crippen LogP) is 3.79. The first-order valence-corrected chi connectivity index (χ1v) is 9.77. The molecule has 2 heterocycles. The molecule has 1 aliphatic rings. The number of aromatic nitrogens is 1. The minimum Gasteiger partial charge on any atom is -0.454 e. The van der Waals surface area contributed by atoms with Crippen LogP contribution in [0.2, 0.25) is 0 Å². The van der Waals surface area contributed by atoms with E-state index in [1.165, 1.54) is 11.8 Å². The topological polar surface area (TPSA) is 88.3 Å². The number of fused-ring (bicyclic) bond motifs is 2. The second kappa shape index (κ2) is 7.52. The summed E-state index contributed by atoms with van der Waals surface area (Å²) in [5.41, 5.74) is 2.07. The molecule has 2 aromatic carbocycles. The highest BCUT2D eigenvalue weighted by molar-refractivity contribution is 8.01. The number of nitrogens with one attached hydrogen (secondary N) is 2. The third-order valence-corrected chi connectivity index (χ3v) is 5.87. The number of amides is 1. The minimum atomic E-state index is -0.935. The number of anilines is 1. The molecule has 0 radical (unpaired) electrons. The summed E-state index contributed by atoms with van der Waals surface area (Å²) >= 11 is 1.33. The fourth-order valence-corrected chi connectivity index (χ4v) is 4.27. The van der Waals surface area contributed by atoms with Crippen LogP contribution in [0, 0.1) is 0 Å². The van der Waals surface area contributed by atoms with Gasteiger partial charge in [-0.05, 0) is 25.1 Å². The van der Waals surface area contributed by atoms with E-state index in [4.69, 9.17) is 4.74 Å². The molecular formula is C21H18N2O4S. The molecule has 4 rings (SSSR count). The van der Waals surface area contributed by atoms with Gasteiger partial charge in [-0.3, -0.25) is 14.4 Å². The first-order chi connectivity index (χ1) is 13.5. The molecule has 7 heteroatoms. The molecule has 0 aliphatic carbocycles. The van der Waals surface area contributed by atoms with Crippen molar-refractivity contribution in [1.29, 1.82) is 0 Å². The van der Waals surface area contributed by atoms with Gasteiger partial charge >= 0.3 is 5.97 Å². The summed E-state index contributed by atoms with van der Waals surface area (Å²) in [7, 11) is 0. The molecule has 142 valence electrons. The lowest BCUT2D eigenvalue weighted by atomic mass is 10.1. The van der Waals surface area contributed by atoms with Crippen LogP contribution in [0.5, 0.6) is 0 Å². The van der Waals surface area contributed by atoms with E-state index in [0.29, 0.717) is 5.56 Å².